The number of H-pyrrole nitrogens is 1. The molecular formula is C15H10N2. The second-order valence-electron chi connectivity index (χ2n) is 4.28. The standard InChI is InChI=1S/C15H10N2/c1-2-4-11-8-13-12(7-10(11)3-1)5-6-14-15(13)17-9-16-14/h1-9H,(H,16,17). The molecule has 2 nitrogen and oxygen atoms in total. The number of imidazole rings is 1. The highest BCUT2D eigenvalue weighted by atomic mass is 14.9. The lowest BCUT2D eigenvalue weighted by atomic mass is 10.0. The second-order valence-corrected chi connectivity index (χ2v) is 4.28. The zero-order valence-electron chi connectivity index (χ0n) is 9.14. The van der Waals surface area contributed by atoms with Crippen molar-refractivity contribution in [2.24, 2.45) is 0 Å². The monoisotopic (exact) mass is 218 g/mol. The minimum absolute atomic E-state index is 1.05. The first-order valence-corrected chi connectivity index (χ1v) is 5.66. The molecule has 3 aromatic carbocycles. The molecule has 1 aromatic heterocycles. The normalized spacial score (nSPS) is 11.5. The van der Waals surface area contributed by atoms with Crippen LogP contribution in [-0.4, -0.2) is 9.97 Å². The Morgan fingerprint density at radius 1 is 0.824 bits per heavy atom. The van der Waals surface area contributed by atoms with Crippen molar-refractivity contribution >= 4 is 32.6 Å². The Hall–Kier alpha value is -2.35. The average molecular weight is 218 g/mol. The van der Waals surface area contributed by atoms with E-state index < -0.39 is 0 Å². The molecule has 0 aliphatic rings. The Labute approximate surface area is 97.9 Å². The molecular weight excluding hydrogens is 208 g/mol. The van der Waals surface area contributed by atoms with E-state index in [0.29, 0.717) is 0 Å². The molecule has 1 N–H and O–H groups in total. The largest absolute Gasteiger partial charge is 0.345 e. The van der Waals surface area contributed by atoms with Crippen molar-refractivity contribution in [2.75, 3.05) is 0 Å². The first kappa shape index (κ1) is 8.76. The predicted octanol–water partition coefficient (Wildman–Crippen LogP) is 3.87. The van der Waals surface area contributed by atoms with Crippen molar-refractivity contribution in [1.29, 1.82) is 0 Å². The molecule has 1 heterocycles. The van der Waals surface area contributed by atoms with Gasteiger partial charge in [0.15, 0.2) is 0 Å². The molecule has 0 aliphatic carbocycles. The van der Waals surface area contributed by atoms with E-state index in [1.165, 1.54) is 21.5 Å². The summed E-state index contributed by atoms with van der Waals surface area (Å²) in [6.45, 7) is 0. The van der Waals surface area contributed by atoms with E-state index in [4.69, 9.17) is 0 Å². The molecule has 0 spiro atoms. The molecule has 0 radical (unpaired) electrons. The van der Waals surface area contributed by atoms with Crippen LogP contribution in [-0.2, 0) is 0 Å². The molecule has 0 saturated carbocycles. The molecule has 0 fully saturated rings. The summed E-state index contributed by atoms with van der Waals surface area (Å²) >= 11 is 0. The summed E-state index contributed by atoms with van der Waals surface area (Å²) in [4.78, 5) is 7.55. The van der Waals surface area contributed by atoms with Crippen molar-refractivity contribution in [1.82, 2.24) is 9.97 Å². The van der Waals surface area contributed by atoms with Gasteiger partial charge in [0.1, 0.15) is 0 Å². The maximum atomic E-state index is 4.40. The summed E-state index contributed by atoms with van der Waals surface area (Å²) in [7, 11) is 0. The minimum Gasteiger partial charge on any atom is -0.345 e. The van der Waals surface area contributed by atoms with Gasteiger partial charge in [0.25, 0.3) is 0 Å². The fourth-order valence-corrected chi connectivity index (χ4v) is 2.42. The zero-order chi connectivity index (χ0) is 11.2. The molecule has 4 rings (SSSR count). The Morgan fingerprint density at radius 3 is 2.53 bits per heavy atom. The molecule has 0 atom stereocenters. The van der Waals surface area contributed by atoms with Gasteiger partial charge in [-0.2, -0.15) is 0 Å². The number of hydrogen-bond acceptors (Lipinski definition) is 1. The average Bonchev–Trinajstić information content (AvgIpc) is 2.85. The fourth-order valence-electron chi connectivity index (χ4n) is 2.42. The van der Waals surface area contributed by atoms with Crippen LogP contribution in [0.4, 0.5) is 0 Å². The van der Waals surface area contributed by atoms with E-state index in [0.717, 1.165) is 11.0 Å². The SMILES string of the molecule is c1ccc2cc3c(ccc4[nH]cnc43)cc2c1. The van der Waals surface area contributed by atoms with Crippen LogP contribution in [0.5, 0.6) is 0 Å². The lowest BCUT2D eigenvalue weighted by Gasteiger charge is -2.02. The van der Waals surface area contributed by atoms with E-state index in [-0.39, 0.29) is 0 Å². The third-order valence-electron chi connectivity index (χ3n) is 3.27. The number of nitrogens with zero attached hydrogens (tertiary/aromatic N) is 1. The smallest absolute Gasteiger partial charge is 0.0961 e. The van der Waals surface area contributed by atoms with E-state index in [9.17, 15) is 0 Å². The number of nitrogens with one attached hydrogen (secondary N) is 1. The van der Waals surface area contributed by atoms with Crippen molar-refractivity contribution in [3.05, 3.63) is 54.9 Å². The van der Waals surface area contributed by atoms with Crippen LogP contribution in [0.25, 0.3) is 32.6 Å². The lowest BCUT2D eigenvalue weighted by Crippen LogP contribution is -1.78. The Bertz CT molecular complexity index is 843. The van der Waals surface area contributed by atoms with Gasteiger partial charge in [0.05, 0.1) is 17.4 Å². The molecule has 17 heavy (non-hydrogen) atoms. The topological polar surface area (TPSA) is 28.7 Å². The zero-order valence-corrected chi connectivity index (χ0v) is 9.14. The van der Waals surface area contributed by atoms with Gasteiger partial charge < -0.3 is 4.98 Å². The van der Waals surface area contributed by atoms with Gasteiger partial charge in [0.2, 0.25) is 0 Å². The maximum Gasteiger partial charge on any atom is 0.0961 e. The van der Waals surface area contributed by atoms with Crippen LogP contribution in [0.3, 0.4) is 0 Å². The third kappa shape index (κ3) is 1.18. The number of fused-ring (bicyclic) bond motifs is 4. The lowest BCUT2D eigenvalue weighted by molar-refractivity contribution is 1.35. The predicted molar refractivity (Wildman–Crippen MR) is 71.1 cm³/mol. The van der Waals surface area contributed by atoms with E-state index in [1.54, 1.807) is 6.33 Å². The van der Waals surface area contributed by atoms with Gasteiger partial charge in [-0.1, -0.05) is 30.3 Å². The highest BCUT2D eigenvalue weighted by Gasteiger charge is 2.03. The number of aromatic amines is 1. The van der Waals surface area contributed by atoms with E-state index >= 15 is 0 Å². The Balaban J connectivity index is 2.29. The first-order valence-electron chi connectivity index (χ1n) is 5.66. The second kappa shape index (κ2) is 3.08. The van der Waals surface area contributed by atoms with Gasteiger partial charge >= 0.3 is 0 Å². The van der Waals surface area contributed by atoms with Crippen LogP contribution >= 0.6 is 0 Å². The molecule has 2 heteroatoms. The Morgan fingerprint density at radius 2 is 1.65 bits per heavy atom. The van der Waals surface area contributed by atoms with Gasteiger partial charge in [-0.3, -0.25) is 0 Å². The minimum atomic E-state index is 1.05. The quantitative estimate of drug-likeness (QED) is 0.446. The van der Waals surface area contributed by atoms with Crippen molar-refractivity contribution in [3.63, 3.8) is 0 Å². The summed E-state index contributed by atoms with van der Waals surface area (Å²) in [6.07, 6.45) is 1.75. The highest BCUT2D eigenvalue weighted by Crippen LogP contribution is 2.27. The summed E-state index contributed by atoms with van der Waals surface area (Å²) in [5.74, 6) is 0. The van der Waals surface area contributed by atoms with Gasteiger partial charge in [0, 0.05) is 5.39 Å². The number of benzene rings is 3. The molecule has 80 valence electrons. The summed E-state index contributed by atoms with van der Waals surface area (Å²) < 4.78 is 0. The summed E-state index contributed by atoms with van der Waals surface area (Å²) in [5, 5.41) is 4.98. The van der Waals surface area contributed by atoms with Crippen LogP contribution in [0.2, 0.25) is 0 Å². The maximum absolute atomic E-state index is 4.40. The molecule has 4 aromatic rings. The third-order valence-corrected chi connectivity index (χ3v) is 3.27. The van der Waals surface area contributed by atoms with Crippen LogP contribution in [0.1, 0.15) is 0 Å². The number of rotatable bonds is 0. The molecule has 0 bridgehead atoms. The van der Waals surface area contributed by atoms with Crippen LogP contribution in [0.15, 0.2) is 54.9 Å². The first-order chi connectivity index (χ1) is 8.42. The van der Waals surface area contributed by atoms with Crippen molar-refractivity contribution in [3.8, 4) is 0 Å². The Kier molecular flexibility index (Phi) is 1.59. The van der Waals surface area contributed by atoms with Crippen molar-refractivity contribution in [2.45, 2.75) is 0 Å². The number of aromatic nitrogens is 2. The number of hydrogen-bond donors (Lipinski definition) is 1. The van der Waals surface area contributed by atoms with Gasteiger partial charge in [-0.05, 0) is 34.4 Å². The summed E-state index contributed by atoms with van der Waals surface area (Å²) in [6, 6.07) is 17.1. The fraction of sp³-hybridized carbons (Fsp3) is 0. The van der Waals surface area contributed by atoms with Crippen molar-refractivity contribution < 1.29 is 0 Å². The van der Waals surface area contributed by atoms with Gasteiger partial charge in [-0.25, -0.2) is 4.98 Å². The van der Waals surface area contributed by atoms with E-state index in [1.807, 2.05) is 0 Å². The van der Waals surface area contributed by atoms with Crippen LogP contribution < -0.4 is 0 Å². The molecule has 0 saturated heterocycles. The summed E-state index contributed by atoms with van der Waals surface area (Å²) in [5.41, 5.74) is 2.14. The molecule has 0 unspecified atom stereocenters. The highest BCUT2D eigenvalue weighted by molar-refractivity contribution is 6.09. The van der Waals surface area contributed by atoms with E-state index in [2.05, 4.69) is 58.5 Å². The molecule has 0 amide bonds. The van der Waals surface area contributed by atoms with Gasteiger partial charge in [-0.15, -0.1) is 0 Å². The van der Waals surface area contributed by atoms with Crippen LogP contribution in [0, 0.1) is 0 Å². The molecule has 0 aliphatic heterocycles.